The maximum atomic E-state index is 12.1. The van der Waals surface area contributed by atoms with E-state index in [1.54, 1.807) is 12.1 Å². The monoisotopic (exact) mass is 109 g/mol. The van der Waals surface area contributed by atoms with E-state index in [0.717, 1.165) is 5.56 Å². The highest BCUT2D eigenvalue weighted by Gasteiger charge is 1.83. The van der Waals surface area contributed by atoms with Crippen molar-refractivity contribution in [2.75, 3.05) is 0 Å². The van der Waals surface area contributed by atoms with Gasteiger partial charge >= 0.3 is 0 Å². The molecule has 41 valence electrons. The second kappa shape index (κ2) is 1.95. The van der Waals surface area contributed by atoms with Crippen LogP contribution in [0, 0.1) is 12.7 Å². The molecule has 0 aliphatic rings. The predicted molar refractivity (Wildman–Crippen MR) is 30.9 cm³/mol. The maximum absolute atomic E-state index is 12.1. The van der Waals surface area contributed by atoms with Gasteiger partial charge in [0.1, 0.15) is 5.82 Å². The van der Waals surface area contributed by atoms with Gasteiger partial charge in [-0.2, -0.15) is 0 Å². The molecule has 0 aliphatic heterocycles. The van der Waals surface area contributed by atoms with Gasteiger partial charge in [0.25, 0.3) is 0 Å². The average Bonchev–Trinajstić information content (AvgIpc) is 1.77. The van der Waals surface area contributed by atoms with E-state index in [1.165, 1.54) is 12.1 Å². The fourth-order valence-electron chi connectivity index (χ4n) is 0.484. The van der Waals surface area contributed by atoms with Crippen LogP contribution in [0.5, 0.6) is 0 Å². The van der Waals surface area contributed by atoms with Gasteiger partial charge in [-0.1, -0.05) is 12.1 Å². The van der Waals surface area contributed by atoms with Crippen molar-refractivity contribution in [3.63, 3.8) is 0 Å². The fourth-order valence-corrected chi connectivity index (χ4v) is 0.484. The van der Waals surface area contributed by atoms with Gasteiger partial charge in [-0.3, -0.25) is 0 Å². The normalized spacial score (nSPS) is 9.25. The van der Waals surface area contributed by atoms with E-state index in [0.29, 0.717) is 0 Å². The molecule has 0 saturated carbocycles. The lowest BCUT2D eigenvalue weighted by Crippen LogP contribution is -1.71. The number of halogens is 1. The summed E-state index contributed by atoms with van der Waals surface area (Å²) in [6, 6.07) is 6.05. The van der Waals surface area contributed by atoms with Crippen LogP contribution in [0.2, 0.25) is 0 Å². The zero-order chi connectivity index (χ0) is 5.98. The molecule has 1 rings (SSSR count). The first-order valence-electron chi connectivity index (χ1n) is 2.36. The predicted octanol–water partition coefficient (Wildman–Crippen LogP) is 2.01. The minimum Gasteiger partial charge on any atom is -0.207 e. The highest BCUT2D eigenvalue weighted by atomic mass is 19.1. The van der Waals surface area contributed by atoms with E-state index >= 15 is 0 Å². The number of rotatable bonds is 0. The van der Waals surface area contributed by atoms with Gasteiger partial charge in [0.2, 0.25) is 0 Å². The van der Waals surface area contributed by atoms with E-state index in [2.05, 4.69) is 6.92 Å². The molecule has 0 aromatic heterocycles. The molecule has 8 heavy (non-hydrogen) atoms. The molecule has 0 saturated heterocycles. The average molecular weight is 109 g/mol. The summed E-state index contributed by atoms with van der Waals surface area (Å²) in [5, 5.41) is 0. The Morgan fingerprint density at radius 1 is 1.12 bits per heavy atom. The SMILES string of the molecule is [CH2]c1ccc(F)cc1. The Labute approximate surface area is 48.0 Å². The summed E-state index contributed by atoms with van der Waals surface area (Å²) < 4.78 is 12.1. The molecular formula is C7H6F. The number of hydrogen-bond donors (Lipinski definition) is 0. The Hall–Kier alpha value is -0.850. The number of hydrogen-bond acceptors (Lipinski definition) is 0. The van der Waals surface area contributed by atoms with E-state index in [9.17, 15) is 4.39 Å². The van der Waals surface area contributed by atoms with Crippen LogP contribution in [0.3, 0.4) is 0 Å². The fraction of sp³-hybridized carbons (Fsp3) is 0. The summed E-state index contributed by atoms with van der Waals surface area (Å²) in [6.07, 6.45) is 0. The summed E-state index contributed by atoms with van der Waals surface area (Å²) in [4.78, 5) is 0. The molecule has 0 N–H and O–H groups in total. The van der Waals surface area contributed by atoms with Gasteiger partial charge in [-0.15, -0.1) is 0 Å². The Bertz CT molecular complexity index is 143. The van der Waals surface area contributed by atoms with E-state index < -0.39 is 0 Å². The largest absolute Gasteiger partial charge is 0.207 e. The molecule has 0 bridgehead atoms. The minimum atomic E-state index is -0.211. The molecular weight excluding hydrogens is 103 g/mol. The Morgan fingerprint density at radius 2 is 1.62 bits per heavy atom. The minimum absolute atomic E-state index is 0.211. The second-order valence-corrected chi connectivity index (χ2v) is 1.63. The van der Waals surface area contributed by atoms with Gasteiger partial charge in [0.05, 0.1) is 0 Å². The number of benzene rings is 1. The summed E-state index contributed by atoms with van der Waals surface area (Å²) in [6.45, 7) is 3.60. The van der Waals surface area contributed by atoms with Gasteiger partial charge in [0.15, 0.2) is 0 Å². The van der Waals surface area contributed by atoms with Crippen LogP contribution in [0.1, 0.15) is 5.56 Å². The Morgan fingerprint density at radius 3 is 2.00 bits per heavy atom. The molecule has 1 aromatic rings. The van der Waals surface area contributed by atoms with Crippen LogP contribution < -0.4 is 0 Å². The summed E-state index contributed by atoms with van der Waals surface area (Å²) in [7, 11) is 0. The van der Waals surface area contributed by atoms with E-state index in [4.69, 9.17) is 0 Å². The van der Waals surface area contributed by atoms with Crippen molar-refractivity contribution in [1.29, 1.82) is 0 Å². The molecule has 0 atom stereocenters. The third-order valence-electron chi connectivity index (χ3n) is 0.913. The molecule has 1 radical (unpaired) electrons. The molecule has 0 nitrogen and oxygen atoms in total. The molecule has 1 aromatic carbocycles. The van der Waals surface area contributed by atoms with Crippen LogP contribution in [0.25, 0.3) is 0 Å². The van der Waals surface area contributed by atoms with Crippen molar-refractivity contribution in [2.45, 2.75) is 0 Å². The van der Waals surface area contributed by atoms with Crippen LogP contribution in [-0.2, 0) is 0 Å². The molecule has 0 amide bonds. The zero-order valence-corrected chi connectivity index (χ0v) is 4.39. The molecule has 0 fully saturated rings. The molecule has 0 unspecified atom stereocenters. The third kappa shape index (κ3) is 1.06. The Kier molecular flexibility index (Phi) is 1.29. The summed E-state index contributed by atoms with van der Waals surface area (Å²) in [5.41, 5.74) is 0.839. The lowest BCUT2D eigenvalue weighted by atomic mass is 10.2. The second-order valence-electron chi connectivity index (χ2n) is 1.63. The lowest BCUT2D eigenvalue weighted by Gasteiger charge is -1.86. The van der Waals surface area contributed by atoms with E-state index in [-0.39, 0.29) is 5.82 Å². The molecule has 0 spiro atoms. The van der Waals surface area contributed by atoms with Gasteiger partial charge < -0.3 is 0 Å². The van der Waals surface area contributed by atoms with Crippen LogP contribution in [-0.4, -0.2) is 0 Å². The first-order chi connectivity index (χ1) is 3.79. The highest BCUT2D eigenvalue weighted by molar-refractivity contribution is 5.17. The summed E-state index contributed by atoms with van der Waals surface area (Å²) in [5.74, 6) is -0.211. The van der Waals surface area contributed by atoms with E-state index in [1.807, 2.05) is 0 Å². The van der Waals surface area contributed by atoms with Crippen molar-refractivity contribution in [1.82, 2.24) is 0 Å². The van der Waals surface area contributed by atoms with Gasteiger partial charge in [0, 0.05) is 0 Å². The zero-order valence-electron chi connectivity index (χ0n) is 4.39. The third-order valence-corrected chi connectivity index (χ3v) is 0.913. The first kappa shape index (κ1) is 5.29. The van der Waals surface area contributed by atoms with Gasteiger partial charge in [-0.25, -0.2) is 4.39 Å². The van der Waals surface area contributed by atoms with Crippen LogP contribution in [0.4, 0.5) is 4.39 Å². The Balaban J connectivity index is 3.03. The molecule has 0 heterocycles. The highest BCUT2D eigenvalue weighted by Crippen LogP contribution is 1.98. The topological polar surface area (TPSA) is 0 Å². The quantitative estimate of drug-likeness (QED) is 0.478. The van der Waals surface area contributed by atoms with Crippen molar-refractivity contribution < 1.29 is 4.39 Å². The van der Waals surface area contributed by atoms with Crippen molar-refractivity contribution in [2.24, 2.45) is 0 Å². The van der Waals surface area contributed by atoms with Crippen molar-refractivity contribution in [3.05, 3.63) is 42.6 Å². The smallest absolute Gasteiger partial charge is 0.123 e. The van der Waals surface area contributed by atoms with Crippen LogP contribution in [0.15, 0.2) is 24.3 Å². The molecule has 1 heteroatoms. The van der Waals surface area contributed by atoms with Crippen molar-refractivity contribution >= 4 is 0 Å². The standard InChI is InChI=1S/C7H6F/c1-6-2-4-7(8)5-3-6/h2-5H,1H2. The maximum Gasteiger partial charge on any atom is 0.123 e. The first-order valence-corrected chi connectivity index (χ1v) is 2.36. The summed E-state index contributed by atoms with van der Waals surface area (Å²) >= 11 is 0. The lowest BCUT2D eigenvalue weighted by molar-refractivity contribution is 0.627. The van der Waals surface area contributed by atoms with Gasteiger partial charge in [-0.05, 0) is 24.6 Å². The van der Waals surface area contributed by atoms with Crippen LogP contribution >= 0.6 is 0 Å². The molecule has 0 aliphatic carbocycles. The van der Waals surface area contributed by atoms with Crippen molar-refractivity contribution in [3.8, 4) is 0 Å².